The summed E-state index contributed by atoms with van der Waals surface area (Å²) in [7, 11) is -3.61. The van der Waals surface area contributed by atoms with Crippen LogP contribution < -0.4 is 4.72 Å². The summed E-state index contributed by atoms with van der Waals surface area (Å²) in [6.45, 7) is 0.121. The quantitative estimate of drug-likeness (QED) is 0.751. The first kappa shape index (κ1) is 16.9. The minimum Gasteiger partial charge on any atom is -0.394 e. The summed E-state index contributed by atoms with van der Waals surface area (Å²) < 4.78 is 32.8. The van der Waals surface area contributed by atoms with Gasteiger partial charge in [-0.15, -0.1) is 11.3 Å². The van der Waals surface area contributed by atoms with Crippen LogP contribution in [0.25, 0.3) is 0 Å². The standard InChI is InChI=1S/C12H14ClNO4S3/c13-11-1-2-12(20-11)21(16,17)14-7-10(18-5-4-15)9-3-6-19-8-9/h1-3,6,8,10,14-15H,4-5,7H2/t10-/m1/s1. The molecular weight excluding hydrogens is 354 g/mol. The third kappa shape index (κ3) is 4.75. The molecule has 1 atom stereocenters. The average molecular weight is 368 g/mol. The van der Waals surface area contributed by atoms with E-state index in [-0.39, 0.29) is 24.0 Å². The number of aliphatic hydroxyl groups excluding tert-OH is 1. The van der Waals surface area contributed by atoms with Crippen molar-refractivity contribution in [1.82, 2.24) is 4.72 Å². The number of aliphatic hydroxyl groups is 1. The molecule has 5 nitrogen and oxygen atoms in total. The van der Waals surface area contributed by atoms with Crippen LogP contribution in [0.15, 0.2) is 33.2 Å². The summed E-state index contributed by atoms with van der Waals surface area (Å²) in [5.41, 5.74) is 0.875. The monoisotopic (exact) mass is 367 g/mol. The normalized spacial score (nSPS) is 13.4. The van der Waals surface area contributed by atoms with Crippen LogP contribution in [-0.4, -0.2) is 33.3 Å². The van der Waals surface area contributed by atoms with Gasteiger partial charge in [0, 0.05) is 6.54 Å². The maximum Gasteiger partial charge on any atom is 0.250 e. The summed E-state index contributed by atoms with van der Waals surface area (Å²) in [5.74, 6) is 0. The van der Waals surface area contributed by atoms with E-state index in [0.29, 0.717) is 4.34 Å². The van der Waals surface area contributed by atoms with E-state index >= 15 is 0 Å². The van der Waals surface area contributed by atoms with E-state index in [9.17, 15) is 8.42 Å². The number of nitrogens with one attached hydrogen (secondary N) is 1. The SMILES string of the molecule is O=S(=O)(NC[C@@H](OCCO)c1ccsc1)c1ccc(Cl)s1. The number of hydrogen-bond donors (Lipinski definition) is 2. The molecule has 0 fully saturated rings. The molecule has 0 saturated heterocycles. The number of hydrogen-bond acceptors (Lipinski definition) is 6. The second kappa shape index (κ2) is 7.68. The van der Waals surface area contributed by atoms with Crippen molar-refractivity contribution in [3.8, 4) is 0 Å². The highest BCUT2D eigenvalue weighted by atomic mass is 35.5. The van der Waals surface area contributed by atoms with Gasteiger partial charge in [-0.25, -0.2) is 13.1 Å². The number of ether oxygens (including phenoxy) is 1. The minimum atomic E-state index is -3.61. The fourth-order valence-electron chi connectivity index (χ4n) is 1.62. The van der Waals surface area contributed by atoms with Crippen LogP contribution in [-0.2, 0) is 14.8 Å². The predicted molar refractivity (Wildman–Crippen MR) is 84.6 cm³/mol. The lowest BCUT2D eigenvalue weighted by atomic mass is 10.2. The van der Waals surface area contributed by atoms with E-state index in [0.717, 1.165) is 16.9 Å². The first-order chi connectivity index (χ1) is 10.0. The molecular formula is C12H14ClNO4S3. The minimum absolute atomic E-state index is 0.0919. The van der Waals surface area contributed by atoms with Crippen molar-refractivity contribution in [3.05, 3.63) is 38.9 Å². The van der Waals surface area contributed by atoms with Crippen LogP contribution in [0, 0.1) is 0 Å². The van der Waals surface area contributed by atoms with Crippen LogP contribution in [0.2, 0.25) is 4.34 Å². The molecule has 0 aliphatic heterocycles. The zero-order valence-corrected chi connectivity index (χ0v) is 14.1. The van der Waals surface area contributed by atoms with Crippen LogP contribution in [0.5, 0.6) is 0 Å². The van der Waals surface area contributed by atoms with Crippen LogP contribution in [0.1, 0.15) is 11.7 Å². The molecule has 2 N–H and O–H groups in total. The van der Waals surface area contributed by atoms with E-state index in [2.05, 4.69) is 4.72 Å². The average Bonchev–Trinajstić information content (AvgIpc) is 3.10. The van der Waals surface area contributed by atoms with E-state index in [1.807, 2.05) is 16.8 Å². The number of rotatable bonds is 8. The summed E-state index contributed by atoms with van der Waals surface area (Å²) in [4.78, 5) is 0. The van der Waals surface area contributed by atoms with Gasteiger partial charge in [-0.3, -0.25) is 0 Å². The number of sulfonamides is 1. The van der Waals surface area contributed by atoms with Crippen LogP contribution >= 0.6 is 34.3 Å². The molecule has 2 rings (SSSR count). The molecule has 116 valence electrons. The lowest BCUT2D eigenvalue weighted by Crippen LogP contribution is -2.29. The molecule has 0 aliphatic carbocycles. The molecule has 2 heterocycles. The molecule has 0 aromatic carbocycles. The van der Waals surface area contributed by atoms with Gasteiger partial charge in [0.25, 0.3) is 0 Å². The van der Waals surface area contributed by atoms with Crippen molar-refractivity contribution < 1.29 is 18.3 Å². The van der Waals surface area contributed by atoms with Crippen molar-refractivity contribution in [3.63, 3.8) is 0 Å². The van der Waals surface area contributed by atoms with Gasteiger partial charge in [0.1, 0.15) is 4.21 Å². The Kier molecular flexibility index (Phi) is 6.18. The maximum atomic E-state index is 12.1. The number of halogens is 1. The Balaban J connectivity index is 2.04. The highest BCUT2D eigenvalue weighted by Crippen LogP contribution is 2.26. The van der Waals surface area contributed by atoms with Crippen LogP contribution in [0.4, 0.5) is 0 Å². The second-order valence-electron chi connectivity index (χ2n) is 4.05. The highest BCUT2D eigenvalue weighted by Gasteiger charge is 2.20. The van der Waals surface area contributed by atoms with Crippen molar-refractivity contribution in [2.75, 3.05) is 19.8 Å². The van der Waals surface area contributed by atoms with Crippen molar-refractivity contribution in [1.29, 1.82) is 0 Å². The van der Waals surface area contributed by atoms with Gasteiger partial charge in [-0.2, -0.15) is 11.3 Å². The van der Waals surface area contributed by atoms with Gasteiger partial charge < -0.3 is 9.84 Å². The molecule has 9 heteroatoms. The first-order valence-electron chi connectivity index (χ1n) is 6.02. The summed E-state index contributed by atoms with van der Waals surface area (Å²) in [6, 6.07) is 4.87. The molecule has 0 radical (unpaired) electrons. The molecule has 0 saturated carbocycles. The Hall–Kier alpha value is -0.480. The lowest BCUT2D eigenvalue weighted by molar-refractivity contribution is 0.0311. The van der Waals surface area contributed by atoms with E-state index in [1.54, 1.807) is 6.07 Å². The molecule has 0 aliphatic rings. The molecule has 21 heavy (non-hydrogen) atoms. The van der Waals surface area contributed by atoms with E-state index in [1.165, 1.54) is 17.4 Å². The lowest BCUT2D eigenvalue weighted by Gasteiger charge is -2.17. The van der Waals surface area contributed by atoms with Gasteiger partial charge in [-0.1, -0.05) is 11.6 Å². The van der Waals surface area contributed by atoms with Gasteiger partial charge in [0.2, 0.25) is 10.0 Å². The number of thiophene rings is 2. The molecule has 2 aromatic heterocycles. The Morgan fingerprint density at radius 2 is 2.19 bits per heavy atom. The maximum absolute atomic E-state index is 12.1. The predicted octanol–water partition coefficient (Wildman–Crippen LogP) is 2.49. The summed E-state index contributed by atoms with van der Waals surface area (Å²) in [6.07, 6.45) is -0.436. The fourth-order valence-corrected chi connectivity index (χ4v) is 4.89. The van der Waals surface area contributed by atoms with Crippen molar-refractivity contribution >= 4 is 44.3 Å². The summed E-state index contributed by atoms with van der Waals surface area (Å²) >= 11 is 8.25. The Morgan fingerprint density at radius 1 is 1.38 bits per heavy atom. The Morgan fingerprint density at radius 3 is 2.76 bits per heavy atom. The smallest absolute Gasteiger partial charge is 0.250 e. The molecule has 0 amide bonds. The molecule has 2 aromatic rings. The zero-order chi connectivity index (χ0) is 15.3. The molecule has 0 unspecified atom stereocenters. The third-order valence-corrected chi connectivity index (χ3v) is 6.45. The third-order valence-electron chi connectivity index (χ3n) is 2.60. The van der Waals surface area contributed by atoms with E-state index in [4.69, 9.17) is 21.4 Å². The van der Waals surface area contributed by atoms with Crippen molar-refractivity contribution in [2.24, 2.45) is 0 Å². The Labute approximate surface area is 136 Å². The van der Waals surface area contributed by atoms with Gasteiger partial charge >= 0.3 is 0 Å². The molecule has 0 spiro atoms. The highest BCUT2D eigenvalue weighted by molar-refractivity contribution is 7.91. The fraction of sp³-hybridized carbons (Fsp3) is 0.333. The topological polar surface area (TPSA) is 75.6 Å². The van der Waals surface area contributed by atoms with Crippen LogP contribution in [0.3, 0.4) is 0 Å². The largest absolute Gasteiger partial charge is 0.394 e. The van der Waals surface area contributed by atoms with Gasteiger partial charge in [-0.05, 0) is 34.5 Å². The Bertz CT molecular complexity index is 654. The second-order valence-corrected chi connectivity index (χ2v) is 8.54. The van der Waals surface area contributed by atoms with Gasteiger partial charge in [0.15, 0.2) is 0 Å². The van der Waals surface area contributed by atoms with Crippen molar-refractivity contribution in [2.45, 2.75) is 10.3 Å². The van der Waals surface area contributed by atoms with Gasteiger partial charge in [0.05, 0.1) is 23.7 Å². The molecule has 0 bridgehead atoms. The zero-order valence-electron chi connectivity index (χ0n) is 10.9. The van der Waals surface area contributed by atoms with E-state index < -0.39 is 16.1 Å². The summed E-state index contributed by atoms with van der Waals surface area (Å²) in [5, 5.41) is 12.6. The first-order valence-corrected chi connectivity index (χ1v) is 9.64.